The van der Waals surface area contributed by atoms with Gasteiger partial charge in [-0.25, -0.2) is 9.78 Å². The van der Waals surface area contributed by atoms with E-state index in [0.29, 0.717) is 54.8 Å². The maximum atomic E-state index is 13.0. The van der Waals surface area contributed by atoms with Crippen LogP contribution in [-0.2, 0) is 4.74 Å². The number of anilines is 3. The number of carboxylic acid groups (broad SMARTS) is 1. The normalized spacial score (nSPS) is 20.3. The summed E-state index contributed by atoms with van der Waals surface area (Å²) in [6, 6.07) is 10.7. The Balaban J connectivity index is 1.28. The van der Waals surface area contributed by atoms with Crippen molar-refractivity contribution < 1.29 is 23.8 Å². The molecule has 0 spiro atoms. The van der Waals surface area contributed by atoms with E-state index in [1.165, 1.54) is 4.90 Å². The van der Waals surface area contributed by atoms with Gasteiger partial charge in [0.2, 0.25) is 0 Å². The number of ether oxygens (including phenoxy) is 1. The summed E-state index contributed by atoms with van der Waals surface area (Å²) >= 11 is 0. The summed E-state index contributed by atoms with van der Waals surface area (Å²) < 4.78 is 11.3. The topological polar surface area (TPSA) is 133 Å². The molecule has 2 amide bonds. The Morgan fingerprint density at radius 2 is 1.86 bits per heavy atom. The number of hydrogen-bond donors (Lipinski definition) is 3. The van der Waals surface area contributed by atoms with Gasteiger partial charge in [0.15, 0.2) is 5.58 Å². The number of nitrogens with one attached hydrogen (secondary N) is 2. The van der Waals surface area contributed by atoms with Crippen LogP contribution in [0.25, 0.3) is 11.1 Å². The number of fused-ring (bicyclic) bond motifs is 1. The van der Waals surface area contributed by atoms with Crippen LogP contribution in [0.2, 0.25) is 0 Å². The van der Waals surface area contributed by atoms with Gasteiger partial charge in [-0.1, -0.05) is 26.8 Å². The summed E-state index contributed by atoms with van der Waals surface area (Å²) in [7, 11) is 0. The number of carbonyl (C=O) groups is 2. The van der Waals surface area contributed by atoms with Crippen LogP contribution in [0.5, 0.6) is 0 Å². The van der Waals surface area contributed by atoms with Crippen molar-refractivity contribution in [3.8, 4) is 0 Å². The van der Waals surface area contributed by atoms with Gasteiger partial charge in [0.05, 0.1) is 25.3 Å². The number of aromatic nitrogens is 2. The molecule has 0 aliphatic carbocycles. The molecule has 196 valence electrons. The predicted octanol–water partition coefficient (Wildman–Crippen LogP) is 3.89. The third kappa shape index (κ3) is 5.31. The van der Waals surface area contributed by atoms with Gasteiger partial charge in [-0.05, 0) is 36.1 Å². The van der Waals surface area contributed by atoms with E-state index < -0.39 is 6.09 Å². The highest BCUT2D eigenvalue weighted by Gasteiger charge is 2.44. The molecule has 2 atom stereocenters. The largest absolute Gasteiger partial charge is 0.465 e. The maximum Gasteiger partial charge on any atom is 0.407 e. The Morgan fingerprint density at radius 3 is 2.59 bits per heavy atom. The van der Waals surface area contributed by atoms with Crippen molar-refractivity contribution in [2.24, 2.45) is 5.41 Å². The van der Waals surface area contributed by atoms with Crippen molar-refractivity contribution in [3.05, 3.63) is 42.1 Å². The molecule has 37 heavy (non-hydrogen) atoms. The van der Waals surface area contributed by atoms with Gasteiger partial charge in [-0.2, -0.15) is 4.98 Å². The van der Waals surface area contributed by atoms with Crippen molar-refractivity contribution in [2.75, 3.05) is 48.4 Å². The molecule has 5 rings (SSSR count). The van der Waals surface area contributed by atoms with E-state index in [2.05, 4.69) is 20.6 Å². The number of likely N-dealkylation sites (tertiary alicyclic amines) is 1. The van der Waals surface area contributed by atoms with Crippen molar-refractivity contribution in [1.29, 1.82) is 0 Å². The summed E-state index contributed by atoms with van der Waals surface area (Å²) in [5.41, 5.74) is 1.85. The molecule has 2 saturated heterocycles. The van der Waals surface area contributed by atoms with Crippen molar-refractivity contribution in [3.63, 3.8) is 0 Å². The number of nitrogens with zero attached hydrogens (tertiary/aromatic N) is 4. The quantitative estimate of drug-likeness (QED) is 0.469. The molecule has 1 aromatic carbocycles. The first-order chi connectivity index (χ1) is 17.7. The van der Waals surface area contributed by atoms with E-state index in [1.807, 2.05) is 31.7 Å². The second-order valence-corrected chi connectivity index (χ2v) is 10.5. The van der Waals surface area contributed by atoms with E-state index in [0.717, 1.165) is 13.1 Å². The molecule has 3 aromatic rings. The standard InChI is InChI=1S/C26H32N6O5/c1-26(2,3)22-18(9-10-32(22)25(34)35)28-21-6-4-5-19(29-21)23(33)27-16-7-8-17-20(15-16)37-24(30-17)31-11-13-36-14-12-31/h4-8,15,18,22H,9-14H2,1-3H3,(H,27,33)(H,28,29)(H,34,35). The minimum absolute atomic E-state index is 0.114. The minimum atomic E-state index is -0.925. The molecular weight excluding hydrogens is 476 g/mol. The Morgan fingerprint density at radius 1 is 1.08 bits per heavy atom. The highest BCUT2D eigenvalue weighted by molar-refractivity contribution is 6.03. The number of benzene rings is 1. The zero-order valence-corrected chi connectivity index (χ0v) is 21.2. The molecule has 2 aliphatic rings. The molecule has 0 bridgehead atoms. The monoisotopic (exact) mass is 508 g/mol. The first-order valence-corrected chi connectivity index (χ1v) is 12.5. The van der Waals surface area contributed by atoms with Crippen molar-refractivity contribution >= 4 is 40.6 Å². The van der Waals surface area contributed by atoms with Crippen LogP contribution in [-0.4, -0.2) is 76.9 Å². The number of pyridine rings is 1. The minimum Gasteiger partial charge on any atom is -0.465 e. The lowest BCUT2D eigenvalue weighted by Gasteiger charge is -2.37. The first-order valence-electron chi connectivity index (χ1n) is 12.5. The van der Waals surface area contributed by atoms with Crippen LogP contribution in [0.15, 0.2) is 40.8 Å². The van der Waals surface area contributed by atoms with Gasteiger partial charge in [-0.15, -0.1) is 0 Å². The average molecular weight is 509 g/mol. The fourth-order valence-corrected chi connectivity index (χ4v) is 5.14. The van der Waals surface area contributed by atoms with Crippen LogP contribution < -0.4 is 15.5 Å². The Kier molecular flexibility index (Phi) is 6.63. The third-order valence-corrected chi connectivity index (χ3v) is 6.76. The zero-order chi connectivity index (χ0) is 26.2. The summed E-state index contributed by atoms with van der Waals surface area (Å²) in [6.07, 6.45) is -0.262. The van der Waals surface area contributed by atoms with Gasteiger partial charge >= 0.3 is 6.09 Å². The molecule has 0 radical (unpaired) electrons. The molecule has 2 unspecified atom stereocenters. The number of carbonyl (C=O) groups excluding carboxylic acids is 1. The van der Waals surface area contributed by atoms with Crippen LogP contribution in [0.1, 0.15) is 37.7 Å². The molecule has 2 fully saturated rings. The fourth-order valence-electron chi connectivity index (χ4n) is 5.14. The fraction of sp³-hybridized carbons (Fsp3) is 0.462. The van der Waals surface area contributed by atoms with Crippen LogP contribution in [0.4, 0.5) is 22.3 Å². The number of morpholine rings is 1. The van der Waals surface area contributed by atoms with Gasteiger partial charge < -0.3 is 34.7 Å². The van der Waals surface area contributed by atoms with E-state index in [9.17, 15) is 14.7 Å². The number of amides is 2. The Bertz CT molecular complexity index is 1300. The van der Waals surface area contributed by atoms with Gasteiger partial charge in [-0.3, -0.25) is 4.79 Å². The number of hydrogen-bond acceptors (Lipinski definition) is 8. The third-order valence-electron chi connectivity index (χ3n) is 6.76. The predicted molar refractivity (Wildman–Crippen MR) is 139 cm³/mol. The molecule has 0 saturated carbocycles. The van der Waals surface area contributed by atoms with E-state index in [1.54, 1.807) is 30.3 Å². The van der Waals surface area contributed by atoms with Gasteiger partial charge in [0, 0.05) is 31.4 Å². The molecule has 3 N–H and O–H groups in total. The summed E-state index contributed by atoms with van der Waals surface area (Å²) in [5, 5.41) is 15.9. The molecule has 2 aromatic heterocycles. The number of oxazole rings is 1. The Labute approximate surface area is 214 Å². The Hall–Kier alpha value is -3.86. The SMILES string of the molecule is CC(C)(C)C1C(Nc2cccc(C(=O)Nc3ccc4nc(N5CCOCC5)oc4c3)n2)CCN1C(=O)O. The zero-order valence-electron chi connectivity index (χ0n) is 21.2. The summed E-state index contributed by atoms with van der Waals surface area (Å²) in [4.78, 5) is 37.3. The molecule has 4 heterocycles. The van der Waals surface area contributed by atoms with Crippen LogP contribution in [0, 0.1) is 5.41 Å². The van der Waals surface area contributed by atoms with Crippen LogP contribution in [0.3, 0.4) is 0 Å². The first kappa shape index (κ1) is 24.8. The highest BCUT2D eigenvalue weighted by atomic mass is 16.5. The molecule has 11 heteroatoms. The maximum absolute atomic E-state index is 13.0. The van der Waals surface area contributed by atoms with E-state index >= 15 is 0 Å². The molecule has 2 aliphatic heterocycles. The summed E-state index contributed by atoms with van der Waals surface area (Å²) in [6.45, 7) is 9.25. The molecular formula is C26H32N6O5. The summed E-state index contributed by atoms with van der Waals surface area (Å²) in [5.74, 6) is 0.168. The lowest BCUT2D eigenvalue weighted by molar-refractivity contribution is 0.102. The van der Waals surface area contributed by atoms with Crippen molar-refractivity contribution in [2.45, 2.75) is 39.3 Å². The highest BCUT2D eigenvalue weighted by Crippen LogP contribution is 2.34. The van der Waals surface area contributed by atoms with Crippen molar-refractivity contribution in [1.82, 2.24) is 14.9 Å². The number of rotatable bonds is 5. The lowest BCUT2D eigenvalue weighted by Crippen LogP contribution is -2.49. The smallest absolute Gasteiger partial charge is 0.407 e. The van der Waals surface area contributed by atoms with Crippen LogP contribution >= 0.6 is 0 Å². The second kappa shape index (κ2) is 9.89. The van der Waals surface area contributed by atoms with Gasteiger partial charge in [0.25, 0.3) is 11.9 Å². The lowest BCUT2D eigenvalue weighted by atomic mass is 9.82. The second-order valence-electron chi connectivity index (χ2n) is 10.5. The average Bonchev–Trinajstić information content (AvgIpc) is 3.49. The van der Waals surface area contributed by atoms with Gasteiger partial charge in [0.1, 0.15) is 17.0 Å². The van der Waals surface area contributed by atoms with E-state index in [4.69, 9.17) is 9.15 Å². The van der Waals surface area contributed by atoms with E-state index in [-0.39, 0.29) is 29.1 Å². The molecule has 11 nitrogen and oxygen atoms in total.